The second-order valence-electron chi connectivity index (χ2n) is 2.48. The standard InChI is InChI=1S/C9H9N/c1-2-7-10-9(6-1)8-4-3-5-8/h1-2,4,6-7H,3,5H2. The molecule has 0 N–H and O–H groups in total. The maximum absolute atomic E-state index is 4.23. The zero-order valence-corrected chi connectivity index (χ0v) is 5.75. The van der Waals surface area contributed by atoms with E-state index < -0.39 is 0 Å². The van der Waals surface area contributed by atoms with E-state index in [1.54, 1.807) is 0 Å². The first kappa shape index (κ1) is 5.66. The molecule has 1 heteroatoms. The van der Waals surface area contributed by atoms with Crippen LogP contribution < -0.4 is 0 Å². The molecule has 0 spiro atoms. The molecule has 0 bridgehead atoms. The minimum Gasteiger partial charge on any atom is -0.257 e. The topological polar surface area (TPSA) is 12.9 Å². The normalized spacial score (nSPS) is 15.8. The third-order valence-corrected chi connectivity index (χ3v) is 1.80. The Hall–Kier alpha value is -1.11. The van der Waals surface area contributed by atoms with Gasteiger partial charge in [0.1, 0.15) is 0 Å². The second-order valence-corrected chi connectivity index (χ2v) is 2.48. The quantitative estimate of drug-likeness (QED) is 0.569. The lowest BCUT2D eigenvalue weighted by atomic mass is 9.96. The van der Waals surface area contributed by atoms with Crippen LogP contribution >= 0.6 is 0 Å². The van der Waals surface area contributed by atoms with E-state index in [1.807, 2.05) is 18.3 Å². The van der Waals surface area contributed by atoms with Gasteiger partial charge in [-0.1, -0.05) is 12.1 Å². The van der Waals surface area contributed by atoms with Crippen LogP contribution in [0.2, 0.25) is 0 Å². The van der Waals surface area contributed by atoms with Crippen molar-refractivity contribution in [2.45, 2.75) is 12.8 Å². The highest BCUT2D eigenvalue weighted by Gasteiger charge is 2.07. The van der Waals surface area contributed by atoms with Gasteiger partial charge in [0.05, 0.1) is 5.69 Å². The molecule has 0 amide bonds. The van der Waals surface area contributed by atoms with Crippen LogP contribution in [-0.2, 0) is 0 Å². The third kappa shape index (κ3) is 0.838. The van der Waals surface area contributed by atoms with Gasteiger partial charge in [-0.2, -0.15) is 0 Å². The first-order chi connectivity index (χ1) is 4.97. The van der Waals surface area contributed by atoms with E-state index in [1.165, 1.54) is 18.4 Å². The monoisotopic (exact) mass is 131 g/mol. The molecular formula is C9H9N. The van der Waals surface area contributed by atoms with Crippen LogP contribution in [0.25, 0.3) is 5.57 Å². The fourth-order valence-corrected chi connectivity index (χ4v) is 1.07. The van der Waals surface area contributed by atoms with Crippen molar-refractivity contribution in [1.82, 2.24) is 4.98 Å². The number of hydrogen-bond donors (Lipinski definition) is 0. The summed E-state index contributed by atoms with van der Waals surface area (Å²) >= 11 is 0. The van der Waals surface area contributed by atoms with Crippen molar-refractivity contribution >= 4 is 5.57 Å². The molecule has 0 aromatic carbocycles. The van der Waals surface area contributed by atoms with E-state index >= 15 is 0 Å². The number of allylic oxidation sites excluding steroid dienone is 2. The molecule has 0 atom stereocenters. The van der Waals surface area contributed by atoms with E-state index in [0.29, 0.717) is 0 Å². The van der Waals surface area contributed by atoms with E-state index in [9.17, 15) is 0 Å². The highest BCUT2D eigenvalue weighted by atomic mass is 14.7. The molecule has 0 aliphatic heterocycles. The summed E-state index contributed by atoms with van der Waals surface area (Å²) in [5.74, 6) is 0. The van der Waals surface area contributed by atoms with Gasteiger partial charge < -0.3 is 0 Å². The molecule has 0 fully saturated rings. The summed E-state index contributed by atoms with van der Waals surface area (Å²) in [5, 5.41) is 0. The summed E-state index contributed by atoms with van der Waals surface area (Å²) in [6, 6.07) is 6.04. The Morgan fingerprint density at radius 3 is 2.70 bits per heavy atom. The number of aromatic nitrogens is 1. The number of rotatable bonds is 1. The molecule has 1 aromatic heterocycles. The molecule has 0 unspecified atom stereocenters. The average molecular weight is 131 g/mol. The van der Waals surface area contributed by atoms with E-state index in [4.69, 9.17) is 0 Å². The molecule has 50 valence electrons. The summed E-state index contributed by atoms with van der Waals surface area (Å²) in [7, 11) is 0. The zero-order valence-electron chi connectivity index (χ0n) is 5.75. The lowest BCUT2D eigenvalue weighted by molar-refractivity contribution is 0.973. The van der Waals surface area contributed by atoms with Crippen molar-refractivity contribution in [1.29, 1.82) is 0 Å². The average Bonchev–Trinajstić information content (AvgIpc) is 1.86. The summed E-state index contributed by atoms with van der Waals surface area (Å²) in [6.07, 6.45) is 6.51. The fraction of sp³-hybridized carbons (Fsp3) is 0.222. The predicted octanol–water partition coefficient (Wildman–Crippen LogP) is 2.26. The van der Waals surface area contributed by atoms with Crippen molar-refractivity contribution in [3.05, 3.63) is 36.2 Å². The Balaban J connectivity index is 2.34. The largest absolute Gasteiger partial charge is 0.257 e. The molecule has 10 heavy (non-hydrogen) atoms. The molecule has 0 saturated carbocycles. The van der Waals surface area contributed by atoms with Gasteiger partial charge in [-0.25, -0.2) is 0 Å². The summed E-state index contributed by atoms with van der Waals surface area (Å²) in [5.41, 5.74) is 2.55. The Labute approximate surface area is 60.4 Å². The zero-order chi connectivity index (χ0) is 6.81. The fourth-order valence-electron chi connectivity index (χ4n) is 1.07. The molecule has 1 heterocycles. The summed E-state index contributed by atoms with van der Waals surface area (Å²) in [6.45, 7) is 0. The maximum atomic E-state index is 4.23. The van der Waals surface area contributed by atoms with Gasteiger partial charge in [-0.3, -0.25) is 4.98 Å². The summed E-state index contributed by atoms with van der Waals surface area (Å²) in [4.78, 5) is 4.23. The Kier molecular flexibility index (Phi) is 1.28. The Morgan fingerprint density at radius 2 is 2.20 bits per heavy atom. The molecule has 1 nitrogen and oxygen atoms in total. The highest BCUT2D eigenvalue weighted by molar-refractivity contribution is 5.66. The van der Waals surface area contributed by atoms with Gasteiger partial charge in [-0.05, 0) is 30.5 Å². The lowest BCUT2D eigenvalue weighted by Crippen LogP contribution is -1.94. The van der Waals surface area contributed by atoms with Crippen LogP contribution in [0.3, 0.4) is 0 Å². The molecule has 2 rings (SSSR count). The second kappa shape index (κ2) is 2.25. The highest BCUT2D eigenvalue weighted by Crippen LogP contribution is 2.26. The van der Waals surface area contributed by atoms with E-state index in [0.717, 1.165) is 5.69 Å². The van der Waals surface area contributed by atoms with Crippen LogP contribution in [0, 0.1) is 0 Å². The first-order valence-corrected chi connectivity index (χ1v) is 3.57. The van der Waals surface area contributed by atoms with Crippen molar-refractivity contribution < 1.29 is 0 Å². The molecule has 1 aliphatic rings. The van der Waals surface area contributed by atoms with Crippen LogP contribution in [0.15, 0.2) is 30.5 Å². The van der Waals surface area contributed by atoms with Crippen molar-refractivity contribution in [3.8, 4) is 0 Å². The van der Waals surface area contributed by atoms with E-state index in [2.05, 4.69) is 17.1 Å². The number of nitrogens with zero attached hydrogens (tertiary/aromatic N) is 1. The van der Waals surface area contributed by atoms with Gasteiger partial charge in [0.15, 0.2) is 0 Å². The summed E-state index contributed by atoms with van der Waals surface area (Å²) < 4.78 is 0. The molecule has 0 saturated heterocycles. The SMILES string of the molecule is C1=C(c2ccccn2)CC1. The van der Waals surface area contributed by atoms with Crippen LogP contribution in [0.4, 0.5) is 0 Å². The first-order valence-electron chi connectivity index (χ1n) is 3.57. The van der Waals surface area contributed by atoms with Crippen LogP contribution in [-0.4, -0.2) is 4.98 Å². The minimum absolute atomic E-state index is 1.15. The minimum atomic E-state index is 1.15. The van der Waals surface area contributed by atoms with Crippen LogP contribution in [0.1, 0.15) is 18.5 Å². The van der Waals surface area contributed by atoms with Gasteiger partial charge in [0.25, 0.3) is 0 Å². The predicted molar refractivity (Wildman–Crippen MR) is 41.4 cm³/mol. The lowest BCUT2D eigenvalue weighted by Gasteiger charge is -2.12. The van der Waals surface area contributed by atoms with Crippen LogP contribution in [0.5, 0.6) is 0 Å². The van der Waals surface area contributed by atoms with E-state index in [-0.39, 0.29) is 0 Å². The van der Waals surface area contributed by atoms with Gasteiger partial charge in [0.2, 0.25) is 0 Å². The molecule has 1 aliphatic carbocycles. The number of pyridine rings is 1. The molecule has 0 radical (unpaired) electrons. The van der Waals surface area contributed by atoms with Gasteiger partial charge >= 0.3 is 0 Å². The van der Waals surface area contributed by atoms with Crippen molar-refractivity contribution in [2.24, 2.45) is 0 Å². The Bertz CT molecular complexity index is 249. The van der Waals surface area contributed by atoms with Gasteiger partial charge in [-0.15, -0.1) is 0 Å². The Morgan fingerprint density at radius 1 is 1.30 bits per heavy atom. The van der Waals surface area contributed by atoms with Gasteiger partial charge in [0, 0.05) is 6.20 Å². The third-order valence-electron chi connectivity index (χ3n) is 1.80. The molecule has 1 aromatic rings. The smallest absolute Gasteiger partial charge is 0.0658 e. The van der Waals surface area contributed by atoms with Crippen molar-refractivity contribution in [2.75, 3.05) is 0 Å². The molecular weight excluding hydrogens is 122 g/mol. The number of hydrogen-bond acceptors (Lipinski definition) is 1. The van der Waals surface area contributed by atoms with Crippen molar-refractivity contribution in [3.63, 3.8) is 0 Å². The maximum Gasteiger partial charge on any atom is 0.0658 e.